The highest BCUT2D eigenvalue weighted by Crippen LogP contribution is 2.24. The van der Waals surface area contributed by atoms with Crippen molar-refractivity contribution < 1.29 is 14.7 Å². The van der Waals surface area contributed by atoms with Crippen molar-refractivity contribution in [3.8, 4) is 11.1 Å². The van der Waals surface area contributed by atoms with E-state index in [0.29, 0.717) is 16.7 Å². The molecule has 1 amide bonds. The van der Waals surface area contributed by atoms with Crippen molar-refractivity contribution in [2.75, 3.05) is 0 Å². The summed E-state index contributed by atoms with van der Waals surface area (Å²) in [6.07, 6.45) is 0. The normalized spacial score (nSPS) is 10.0. The number of hydrogen-bond acceptors (Lipinski definition) is 2. The van der Waals surface area contributed by atoms with Crippen LogP contribution in [0.4, 0.5) is 0 Å². The molecule has 0 saturated carbocycles. The lowest BCUT2D eigenvalue weighted by Gasteiger charge is -2.07. The molecule has 0 aliphatic rings. The molecule has 4 nitrogen and oxygen atoms in total. The third-order valence-electron chi connectivity index (χ3n) is 2.62. The number of hydrogen-bond donors (Lipinski definition) is 2. The number of aromatic carboxylic acids is 1. The maximum absolute atomic E-state index is 11.1. The number of carbonyl (C=O) groups is 2. The second-order valence-corrected chi connectivity index (χ2v) is 3.80. The summed E-state index contributed by atoms with van der Waals surface area (Å²) >= 11 is 0. The lowest BCUT2D eigenvalue weighted by molar-refractivity contribution is 0.0697. The predicted octanol–water partition coefficient (Wildman–Crippen LogP) is 2.15. The molecule has 0 fully saturated rings. The highest BCUT2D eigenvalue weighted by molar-refractivity contribution is 5.98. The van der Waals surface area contributed by atoms with Gasteiger partial charge in [-0.1, -0.05) is 30.3 Å². The van der Waals surface area contributed by atoms with E-state index in [2.05, 4.69) is 0 Å². The minimum absolute atomic E-state index is 0.194. The Balaban J connectivity index is 2.58. The van der Waals surface area contributed by atoms with Crippen molar-refractivity contribution in [2.24, 2.45) is 5.73 Å². The standard InChI is InChI=1S/C14H11NO3/c15-13(16)10-5-3-4-9(8-10)11-6-1-2-7-12(11)14(17)18/h1-8H,(H2,15,16)(H,17,18). The van der Waals surface area contributed by atoms with Gasteiger partial charge in [-0.05, 0) is 29.3 Å². The number of nitrogens with two attached hydrogens (primary N) is 1. The molecule has 90 valence electrons. The van der Waals surface area contributed by atoms with Gasteiger partial charge < -0.3 is 10.8 Å². The number of carbonyl (C=O) groups excluding carboxylic acids is 1. The zero-order valence-corrected chi connectivity index (χ0v) is 9.46. The molecule has 18 heavy (non-hydrogen) atoms. The number of benzene rings is 2. The van der Waals surface area contributed by atoms with Gasteiger partial charge in [0.1, 0.15) is 0 Å². The third kappa shape index (κ3) is 2.22. The molecular weight excluding hydrogens is 230 g/mol. The van der Waals surface area contributed by atoms with E-state index in [1.54, 1.807) is 42.5 Å². The summed E-state index contributed by atoms with van der Waals surface area (Å²) in [5.74, 6) is -1.54. The molecule has 0 radical (unpaired) electrons. The van der Waals surface area contributed by atoms with Gasteiger partial charge in [0.2, 0.25) is 5.91 Å². The van der Waals surface area contributed by atoms with Gasteiger partial charge in [0, 0.05) is 5.56 Å². The van der Waals surface area contributed by atoms with E-state index in [-0.39, 0.29) is 5.56 Å². The molecule has 0 aliphatic carbocycles. The van der Waals surface area contributed by atoms with Crippen LogP contribution in [0, 0.1) is 0 Å². The van der Waals surface area contributed by atoms with Crippen LogP contribution in [0.25, 0.3) is 11.1 Å². The molecule has 3 N–H and O–H groups in total. The number of carboxylic acid groups (broad SMARTS) is 1. The molecule has 0 unspecified atom stereocenters. The fraction of sp³-hybridized carbons (Fsp3) is 0. The Labute approximate surface area is 104 Å². The summed E-state index contributed by atoms with van der Waals surface area (Å²) in [6, 6.07) is 13.2. The largest absolute Gasteiger partial charge is 0.478 e. The van der Waals surface area contributed by atoms with E-state index >= 15 is 0 Å². The Morgan fingerprint density at radius 2 is 1.72 bits per heavy atom. The van der Waals surface area contributed by atoms with Gasteiger partial charge in [0.15, 0.2) is 0 Å². The molecule has 2 aromatic rings. The first-order chi connectivity index (χ1) is 8.59. The van der Waals surface area contributed by atoms with Crippen LogP contribution in [0.2, 0.25) is 0 Å². The van der Waals surface area contributed by atoms with Gasteiger partial charge in [-0.15, -0.1) is 0 Å². The van der Waals surface area contributed by atoms with Gasteiger partial charge in [0.05, 0.1) is 5.56 Å². The summed E-state index contributed by atoms with van der Waals surface area (Å²) in [4.78, 5) is 22.2. The summed E-state index contributed by atoms with van der Waals surface area (Å²) in [6.45, 7) is 0. The summed E-state index contributed by atoms with van der Waals surface area (Å²) in [5, 5.41) is 9.11. The first kappa shape index (κ1) is 11.9. The monoisotopic (exact) mass is 241 g/mol. The van der Waals surface area contributed by atoms with Crippen LogP contribution in [-0.4, -0.2) is 17.0 Å². The molecular formula is C14H11NO3. The zero-order valence-electron chi connectivity index (χ0n) is 9.46. The Hall–Kier alpha value is -2.62. The zero-order chi connectivity index (χ0) is 13.1. The minimum Gasteiger partial charge on any atom is -0.478 e. The smallest absolute Gasteiger partial charge is 0.336 e. The minimum atomic E-state index is -1.00. The molecule has 0 aliphatic heterocycles. The summed E-state index contributed by atoms with van der Waals surface area (Å²) in [5.41, 5.74) is 6.97. The first-order valence-electron chi connectivity index (χ1n) is 5.32. The van der Waals surface area contributed by atoms with Crippen LogP contribution in [0.5, 0.6) is 0 Å². The Bertz CT molecular complexity index is 620. The highest BCUT2D eigenvalue weighted by atomic mass is 16.4. The lowest BCUT2D eigenvalue weighted by Crippen LogP contribution is -2.10. The van der Waals surface area contributed by atoms with E-state index in [0.717, 1.165) is 0 Å². The van der Waals surface area contributed by atoms with E-state index in [1.807, 2.05) is 0 Å². The summed E-state index contributed by atoms with van der Waals surface area (Å²) in [7, 11) is 0. The van der Waals surface area contributed by atoms with Crippen molar-refractivity contribution >= 4 is 11.9 Å². The molecule has 0 saturated heterocycles. The van der Waals surface area contributed by atoms with Crippen LogP contribution >= 0.6 is 0 Å². The van der Waals surface area contributed by atoms with Crippen LogP contribution in [0.1, 0.15) is 20.7 Å². The molecule has 0 heterocycles. The van der Waals surface area contributed by atoms with Gasteiger partial charge in [0.25, 0.3) is 0 Å². The third-order valence-corrected chi connectivity index (χ3v) is 2.62. The Morgan fingerprint density at radius 1 is 1.00 bits per heavy atom. The maximum atomic E-state index is 11.1. The van der Waals surface area contributed by atoms with Gasteiger partial charge >= 0.3 is 5.97 Å². The van der Waals surface area contributed by atoms with Crippen molar-refractivity contribution in [3.63, 3.8) is 0 Å². The second kappa shape index (κ2) is 4.71. The van der Waals surface area contributed by atoms with Crippen molar-refractivity contribution in [2.45, 2.75) is 0 Å². The first-order valence-corrected chi connectivity index (χ1v) is 5.32. The predicted molar refractivity (Wildman–Crippen MR) is 67.4 cm³/mol. The van der Waals surface area contributed by atoms with Crippen LogP contribution in [-0.2, 0) is 0 Å². The average molecular weight is 241 g/mol. The average Bonchev–Trinajstić information content (AvgIpc) is 2.39. The molecule has 2 rings (SSSR count). The van der Waals surface area contributed by atoms with Crippen molar-refractivity contribution in [3.05, 3.63) is 59.7 Å². The van der Waals surface area contributed by atoms with Crippen LogP contribution in [0.3, 0.4) is 0 Å². The number of amides is 1. The van der Waals surface area contributed by atoms with Crippen LogP contribution in [0.15, 0.2) is 48.5 Å². The van der Waals surface area contributed by atoms with E-state index < -0.39 is 11.9 Å². The SMILES string of the molecule is NC(=O)c1cccc(-c2ccccc2C(=O)O)c1. The topological polar surface area (TPSA) is 80.4 Å². The van der Waals surface area contributed by atoms with Crippen LogP contribution < -0.4 is 5.73 Å². The number of rotatable bonds is 3. The Kier molecular flexibility index (Phi) is 3.10. The van der Waals surface area contributed by atoms with E-state index in [9.17, 15) is 9.59 Å². The van der Waals surface area contributed by atoms with Crippen molar-refractivity contribution in [1.29, 1.82) is 0 Å². The number of primary amides is 1. The molecule has 2 aromatic carbocycles. The quantitative estimate of drug-likeness (QED) is 0.863. The molecule has 0 bridgehead atoms. The maximum Gasteiger partial charge on any atom is 0.336 e. The van der Waals surface area contributed by atoms with Gasteiger partial charge in [-0.25, -0.2) is 4.79 Å². The van der Waals surface area contributed by atoms with Gasteiger partial charge in [-0.3, -0.25) is 4.79 Å². The fourth-order valence-electron chi connectivity index (χ4n) is 1.76. The van der Waals surface area contributed by atoms with E-state index in [4.69, 9.17) is 10.8 Å². The van der Waals surface area contributed by atoms with E-state index in [1.165, 1.54) is 6.07 Å². The highest BCUT2D eigenvalue weighted by Gasteiger charge is 2.11. The molecule has 4 heteroatoms. The molecule has 0 spiro atoms. The van der Waals surface area contributed by atoms with Gasteiger partial charge in [-0.2, -0.15) is 0 Å². The Morgan fingerprint density at radius 3 is 2.39 bits per heavy atom. The fourth-order valence-corrected chi connectivity index (χ4v) is 1.76. The second-order valence-electron chi connectivity index (χ2n) is 3.80. The number of carboxylic acids is 1. The lowest BCUT2D eigenvalue weighted by atomic mass is 9.98. The summed E-state index contributed by atoms with van der Waals surface area (Å²) < 4.78 is 0. The molecule has 0 aromatic heterocycles. The van der Waals surface area contributed by atoms with Crippen molar-refractivity contribution in [1.82, 2.24) is 0 Å². The molecule has 0 atom stereocenters.